The third kappa shape index (κ3) is 3.67. The van der Waals surface area contributed by atoms with E-state index in [0.717, 1.165) is 3.79 Å². The van der Waals surface area contributed by atoms with Gasteiger partial charge >= 0.3 is 0 Å². The molecule has 0 aliphatic carbocycles. The summed E-state index contributed by atoms with van der Waals surface area (Å²) in [5.41, 5.74) is 0. The molecule has 0 unspecified atom stereocenters. The van der Waals surface area contributed by atoms with E-state index in [9.17, 15) is 9.59 Å². The molecule has 2 aromatic heterocycles. The highest BCUT2D eigenvalue weighted by Crippen LogP contribution is 2.22. The molecule has 0 bridgehead atoms. The number of nitrogens with one attached hydrogen (secondary N) is 1. The van der Waals surface area contributed by atoms with Crippen molar-refractivity contribution in [2.45, 2.75) is 0 Å². The minimum absolute atomic E-state index is 0.0229. The van der Waals surface area contributed by atoms with Crippen LogP contribution in [0.3, 0.4) is 0 Å². The maximum atomic E-state index is 12.1. The van der Waals surface area contributed by atoms with Gasteiger partial charge < -0.3 is 10.2 Å². The van der Waals surface area contributed by atoms with Crippen LogP contribution in [0.25, 0.3) is 0 Å². The molecule has 2 aromatic rings. The zero-order chi connectivity index (χ0) is 14.7. The van der Waals surface area contributed by atoms with E-state index >= 15 is 0 Å². The average Bonchev–Trinajstić information content (AvgIpc) is 2.97. The summed E-state index contributed by atoms with van der Waals surface area (Å²) in [6.07, 6.45) is 1.73. The van der Waals surface area contributed by atoms with Crippen LogP contribution in [0.1, 0.15) is 9.67 Å². The summed E-state index contributed by atoms with van der Waals surface area (Å²) in [4.78, 5) is 25.8. The van der Waals surface area contributed by atoms with Gasteiger partial charge in [0.25, 0.3) is 5.91 Å². The molecule has 0 saturated carbocycles. The fraction of sp³-hybridized carbons (Fsp3) is 0.250. The normalized spacial score (nSPS) is 10.3. The Balaban J connectivity index is 1.92. The van der Waals surface area contributed by atoms with E-state index in [1.54, 1.807) is 43.2 Å². The first-order chi connectivity index (χ1) is 9.45. The summed E-state index contributed by atoms with van der Waals surface area (Å²) in [5, 5.41) is 6.68. The van der Waals surface area contributed by atoms with Crippen LogP contribution in [-0.4, -0.2) is 40.1 Å². The number of anilines is 1. The molecule has 0 fully saturated rings. The number of carbonyl (C=O) groups excluding carboxylic acids is 2. The quantitative estimate of drug-likeness (QED) is 0.910. The van der Waals surface area contributed by atoms with Crippen LogP contribution < -0.4 is 5.32 Å². The number of aryl methyl sites for hydroxylation is 1. The molecule has 0 aliphatic rings. The van der Waals surface area contributed by atoms with E-state index in [4.69, 9.17) is 0 Å². The minimum Gasteiger partial charge on any atom is -0.332 e. The fourth-order valence-electron chi connectivity index (χ4n) is 1.57. The molecule has 6 nitrogen and oxygen atoms in total. The van der Waals surface area contributed by atoms with E-state index in [-0.39, 0.29) is 18.4 Å². The predicted molar refractivity (Wildman–Crippen MR) is 80.8 cm³/mol. The lowest BCUT2D eigenvalue weighted by Crippen LogP contribution is -2.34. The lowest BCUT2D eigenvalue weighted by molar-refractivity contribution is -0.116. The van der Waals surface area contributed by atoms with Gasteiger partial charge in [-0.25, -0.2) is 0 Å². The molecule has 1 N–H and O–H groups in total. The van der Waals surface area contributed by atoms with Gasteiger partial charge in [0, 0.05) is 26.4 Å². The van der Waals surface area contributed by atoms with Crippen LogP contribution in [0.2, 0.25) is 0 Å². The number of hydrogen-bond acceptors (Lipinski definition) is 4. The standard InChI is InChI=1S/C12H13BrN4O2S/c1-16(12(19)8-3-4-9(13)20-8)7-11(18)14-10-5-6-17(2)15-10/h3-6H,7H2,1-2H3,(H,14,15,18). The monoisotopic (exact) mass is 356 g/mol. The SMILES string of the molecule is CN(CC(=O)Nc1ccn(C)n1)C(=O)c1ccc(Br)s1. The first-order valence-electron chi connectivity index (χ1n) is 5.76. The van der Waals surface area contributed by atoms with Crippen LogP contribution in [0.5, 0.6) is 0 Å². The van der Waals surface area contributed by atoms with E-state index < -0.39 is 0 Å². The van der Waals surface area contributed by atoms with Gasteiger partial charge in [0.05, 0.1) is 15.2 Å². The Morgan fingerprint density at radius 1 is 1.45 bits per heavy atom. The Labute approximate surface area is 128 Å². The van der Waals surface area contributed by atoms with Crippen molar-refractivity contribution < 1.29 is 9.59 Å². The molecule has 8 heteroatoms. The molecular formula is C12H13BrN4O2S. The van der Waals surface area contributed by atoms with E-state index in [1.165, 1.54) is 16.2 Å². The zero-order valence-corrected chi connectivity index (χ0v) is 13.4. The van der Waals surface area contributed by atoms with Gasteiger partial charge in [-0.1, -0.05) is 0 Å². The number of aromatic nitrogens is 2. The van der Waals surface area contributed by atoms with Gasteiger partial charge in [-0.15, -0.1) is 11.3 Å². The largest absolute Gasteiger partial charge is 0.332 e. The fourth-order valence-corrected chi connectivity index (χ4v) is 2.95. The number of amides is 2. The zero-order valence-electron chi connectivity index (χ0n) is 11.0. The van der Waals surface area contributed by atoms with Crippen molar-refractivity contribution in [1.29, 1.82) is 0 Å². The van der Waals surface area contributed by atoms with Gasteiger partial charge in [0.15, 0.2) is 5.82 Å². The molecule has 106 valence electrons. The van der Waals surface area contributed by atoms with Crippen molar-refractivity contribution in [3.05, 3.63) is 33.1 Å². The molecule has 0 radical (unpaired) electrons. The molecule has 0 atom stereocenters. The highest BCUT2D eigenvalue weighted by atomic mass is 79.9. The maximum absolute atomic E-state index is 12.1. The molecular weight excluding hydrogens is 344 g/mol. The summed E-state index contributed by atoms with van der Waals surface area (Å²) < 4.78 is 2.47. The number of rotatable bonds is 4. The second kappa shape index (κ2) is 6.19. The third-order valence-corrected chi connectivity index (χ3v) is 4.10. The van der Waals surface area contributed by atoms with Crippen molar-refractivity contribution in [2.24, 2.45) is 7.05 Å². The number of carbonyl (C=O) groups is 2. The molecule has 20 heavy (non-hydrogen) atoms. The van der Waals surface area contributed by atoms with Crippen LogP contribution in [0.4, 0.5) is 5.82 Å². The number of thiophene rings is 1. The Bertz CT molecular complexity index is 637. The molecule has 0 saturated heterocycles. The van der Waals surface area contributed by atoms with Crippen molar-refractivity contribution in [1.82, 2.24) is 14.7 Å². The topological polar surface area (TPSA) is 67.2 Å². The lowest BCUT2D eigenvalue weighted by Gasteiger charge is -2.15. The molecule has 2 heterocycles. The Morgan fingerprint density at radius 3 is 2.75 bits per heavy atom. The smallest absolute Gasteiger partial charge is 0.264 e. The number of likely N-dealkylation sites (N-methyl/N-ethyl adjacent to an activating group) is 1. The third-order valence-electron chi connectivity index (χ3n) is 2.49. The Hall–Kier alpha value is -1.67. The Kier molecular flexibility index (Phi) is 4.56. The van der Waals surface area contributed by atoms with Crippen LogP contribution >= 0.6 is 27.3 Å². The summed E-state index contributed by atoms with van der Waals surface area (Å²) in [6.45, 7) is -0.0229. The Morgan fingerprint density at radius 2 is 2.20 bits per heavy atom. The molecule has 0 aliphatic heterocycles. The second-order valence-electron chi connectivity index (χ2n) is 4.19. The minimum atomic E-state index is -0.282. The van der Waals surface area contributed by atoms with Crippen LogP contribution in [-0.2, 0) is 11.8 Å². The highest BCUT2D eigenvalue weighted by molar-refractivity contribution is 9.11. The average molecular weight is 357 g/mol. The van der Waals surface area contributed by atoms with Gasteiger partial charge in [-0.2, -0.15) is 5.10 Å². The van der Waals surface area contributed by atoms with Gasteiger partial charge in [0.1, 0.15) is 0 Å². The lowest BCUT2D eigenvalue weighted by atomic mass is 10.4. The van der Waals surface area contributed by atoms with Crippen molar-refractivity contribution in [3.63, 3.8) is 0 Å². The van der Waals surface area contributed by atoms with Crippen molar-refractivity contribution >= 4 is 44.9 Å². The van der Waals surface area contributed by atoms with Gasteiger partial charge in [-0.3, -0.25) is 14.3 Å². The molecule has 0 aromatic carbocycles. The predicted octanol–water partition coefficient (Wildman–Crippen LogP) is 1.95. The van der Waals surface area contributed by atoms with E-state index in [1.807, 2.05) is 0 Å². The van der Waals surface area contributed by atoms with Crippen LogP contribution in [0.15, 0.2) is 28.2 Å². The summed E-state index contributed by atoms with van der Waals surface area (Å²) in [7, 11) is 3.36. The van der Waals surface area contributed by atoms with Crippen LogP contribution in [0, 0.1) is 0 Å². The first kappa shape index (κ1) is 14.7. The van der Waals surface area contributed by atoms with E-state index in [2.05, 4.69) is 26.3 Å². The molecule has 2 rings (SSSR count). The van der Waals surface area contributed by atoms with Gasteiger partial charge in [-0.05, 0) is 28.1 Å². The maximum Gasteiger partial charge on any atom is 0.264 e. The molecule has 0 spiro atoms. The number of hydrogen-bond donors (Lipinski definition) is 1. The van der Waals surface area contributed by atoms with Gasteiger partial charge in [0.2, 0.25) is 5.91 Å². The number of halogens is 1. The number of nitrogens with zero attached hydrogens (tertiary/aromatic N) is 3. The summed E-state index contributed by atoms with van der Waals surface area (Å²) in [5.74, 6) is 0.00394. The first-order valence-corrected chi connectivity index (χ1v) is 7.37. The van der Waals surface area contributed by atoms with Crippen molar-refractivity contribution in [3.8, 4) is 0 Å². The highest BCUT2D eigenvalue weighted by Gasteiger charge is 2.17. The van der Waals surface area contributed by atoms with Crippen molar-refractivity contribution in [2.75, 3.05) is 18.9 Å². The van der Waals surface area contributed by atoms with E-state index in [0.29, 0.717) is 10.7 Å². The second-order valence-corrected chi connectivity index (χ2v) is 6.65. The summed E-state index contributed by atoms with van der Waals surface area (Å²) >= 11 is 4.64. The molecule has 2 amide bonds. The summed E-state index contributed by atoms with van der Waals surface area (Å²) in [6, 6.07) is 5.22.